The maximum atomic E-state index is 12.6. The Hall–Kier alpha value is -2.43. The van der Waals surface area contributed by atoms with E-state index in [4.69, 9.17) is 11.6 Å². The molecule has 1 aliphatic rings. The molecular weight excluding hydrogens is 470 g/mol. The zero-order chi connectivity index (χ0) is 22.9. The Morgan fingerprint density at radius 1 is 1.25 bits per heavy atom. The van der Waals surface area contributed by atoms with Gasteiger partial charge in [-0.2, -0.15) is 0 Å². The lowest BCUT2D eigenvalue weighted by Gasteiger charge is -2.23. The molecule has 3 aromatic rings. The van der Waals surface area contributed by atoms with Gasteiger partial charge in [-0.15, -0.1) is 10.2 Å². The summed E-state index contributed by atoms with van der Waals surface area (Å²) in [7, 11) is -3.11. The topological polar surface area (TPSA) is 107 Å². The number of nitrogens with zero attached hydrogens (tertiary/aromatic N) is 4. The first-order chi connectivity index (χ1) is 15.2. The lowest BCUT2D eigenvalue weighted by atomic mass is 10.0. The van der Waals surface area contributed by atoms with Gasteiger partial charge in [0.05, 0.1) is 28.5 Å². The minimum Gasteiger partial charge on any atom is -0.349 e. The number of amides is 1. The third-order valence-corrected chi connectivity index (χ3v) is 8.57. The molecule has 1 fully saturated rings. The molecule has 0 bridgehead atoms. The third kappa shape index (κ3) is 4.82. The van der Waals surface area contributed by atoms with Crippen LogP contribution in [0.15, 0.2) is 47.9 Å². The van der Waals surface area contributed by atoms with Gasteiger partial charge in [-0.1, -0.05) is 29.4 Å². The molecule has 8 nitrogen and oxygen atoms in total. The normalized spacial score (nSPS) is 19.7. The highest BCUT2D eigenvalue weighted by atomic mass is 35.5. The number of hydrogen-bond acceptors (Lipinski definition) is 7. The number of carbonyl (C=O) groups excluding carboxylic acids is 1. The first-order valence-electron chi connectivity index (χ1n) is 9.93. The van der Waals surface area contributed by atoms with E-state index in [0.29, 0.717) is 22.4 Å². The number of hydrogen-bond donors (Lipinski definition) is 1. The summed E-state index contributed by atoms with van der Waals surface area (Å²) in [6, 6.07) is 9.26. The summed E-state index contributed by atoms with van der Waals surface area (Å²) in [5.74, 6) is 0.477. The summed E-state index contributed by atoms with van der Waals surface area (Å²) >= 11 is 7.59. The van der Waals surface area contributed by atoms with Crippen molar-refractivity contribution in [2.75, 3.05) is 17.3 Å². The molecule has 1 aromatic carbocycles. The van der Waals surface area contributed by atoms with Crippen molar-refractivity contribution in [3.8, 4) is 17.1 Å². The van der Waals surface area contributed by atoms with Crippen LogP contribution in [0.5, 0.6) is 0 Å². The molecular formula is C21H22ClN5O3S2. The number of rotatable bonds is 6. The first kappa shape index (κ1) is 22.8. The van der Waals surface area contributed by atoms with Crippen LogP contribution in [0.3, 0.4) is 0 Å². The van der Waals surface area contributed by atoms with Gasteiger partial charge in [0.1, 0.15) is 0 Å². The van der Waals surface area contributed by atoms with Crippen molar-refractivity contribution in [2.24, 2.45) is 0 Å². The summed E-state index contributed by atoms with van der Waals surface area (Å²) in [6.07, 6.45) is 3.77. The number of carbonyl (C=O) groups is 1. The van der Waals surface area contributed by atoms with E-state index >= 15 is 0 Å². The van der Waals surface area contributed by atoms with E-state index in [1.54, 1.807) is 19.3 Å². The van der Waals surface area contributed by atoms with Gasteiger partial charge in [0.25, 0.3) is 0 Å². The standard InChI is InChI=1S/C21H22ClN5O3S2/c1-14-16(22)4-3-5-17(14)27-19(15-6-9-23-10-7-15)25-26-20(27)31-12-18(28)24-21(2)8-11-32(29,30)13-21/h3-7,9-10H,8,11-13H2,1-2H3,(H,24,28). The number of halogens is 1. The molecule has 1 aliphatic heterocycles. The van der Waals surface area contributed by atoms with E-state index in [1.807, 2.05) is 41.8 Å². The molecule has 32 heavy (non-hydrogen) atoms. The lowest BCUT2D eigenvalue weighted by molar-refractivity contribution is -0.120. The molecule has 1 unspecified atom stereocenters. The van der Waals surface area contributed by atoms with Gasteiger partial charge in [0, 0.05) is 23.0 Å². The molecule has 1 amide bonds. The lowest BCUT2D eigenvalue weighted by Crippen LogP contribution is -2.47. The number of benzene rings is 1. The van der Waals surface area contributed by atoms with Crippen molar-refractivity contribution in [1.82, 2.24) is 25.1 Å². The van der Waals surface area contributed by atoms with Crippen LogP contribution in [-0.2, 0) is 14.6 Å². The molecule has 1 N–H and O–H groups in total. The molecule has 11 heteroatoms. The monoisotopic (exact) mass is 491 g/mol. The summed E-state index contributed by atoms with van der Waals surface area (Å²) in [5, 5.41) is 12.7. The molecule has 1 atom stereocenters. The Labute approximate surface area is 195 Å². The fourth-order valence-corrected chi connectivity index (χ4v) is 6.73. The Kier molecular flexibility index (Phi) is 6.28. The molecule has 4 rings (SSSR count). The van der Waals surface area contributed by atoms with Gasteiger partial charge in [-0.3, -0.25) is 14.3 Å². The van der Waals surface area contributed by atoms with E-state index < -0.39 is 15.4 Å². The molecule has 168 valence electrons. The number of nitrogens with one attached hydrogen (secondary N) is 1. The largest absolute Gasteiger partial charge is 0.349 e. The minimum absolute atomic E-state index is 0.0412. The van der Waals surface area contributed by atoms with Crippen LogP contribution in [0, 0.1) is 6.92 Å². The van der Waals surface area contributed by atoms with Crippen molar-refractivity contribution < 1.29 is 13.2 Å². The zero-order valence-corrected chi connectivity index (χ0v) is 20.0. The molecule has 3 heterocycles. The average Bonchev–Trinajstić information content (AvgIpc) is 3.29. The second-order valence-corrected chi connectivity index (χ2v) is 11.5. The second-order valence-electron chi connectivity index (χ2n) is 8.00. The highest BCUT2D eigenvalue weighted by molar-refractivity contribution is 7.99. The van der Waals surface area contributed by atoms with Crippen molar-refractivity contribution in [3.63, 3.8) is 0 Å². The zero-order valence-electron chi connectivity index (χ0n) is 17.6. The van der Waals surface area contributed by atoms with Crippen LogP contribution in [0.1, 0.15) is 18.9 Å². The van der Waals surface area contributed by atoms with E-state index in [1.165, 1.54) is 11.8 Å². The second kappa shape index (κ2) is 8.84. The Balaban J connectivity index is 1.61. The van der Waals surface area contributed by atoms with Gasteiger partial charge >= 0.3 is 0 Å². The van der Waals surface area contributed by atoms with E-state index in [-0.39, 0.29) is 23.2 Å². The van der Waals surface area contributed by atoms with Crippen LogP contribution in [0.4, 0.5) is 0 Å². The van der Waals surface area contributed by atoms with Gasteiger partial charge in [-0.05, 0) is 50.1 Å². The van der Waals surface area contributed by atoms with Crippen molar-refractivity contribution >= 4 is 39.1 Å². The Morgan fingerprint density at radius 2 is 2.00 bits per heavy atom. The SMILES string of the molecule is Cc1c(Cl)cccc1-n1c(SCC(=O)NC2(C)CCS(=O)(=O)C2)nnc1-c1ccncc1. The van der Waals surface area contributed by atoms with Gasteiger partial charge in [-0.25, -0.2) is 8.42 Å². The summed E-state index contributed by atoms with van der Waals surface area (Å²) < 4.78 is 25.5. The molecule has 1 saturated heterocycles. The fraction of sp³-hybridized carbons (Fsp3) is 0.333. The van der Waals surface area contributed by atoms with Crippen LogP contribution < -0.4 is 5.32 Å². The van der Waals surface area contributed by atoms with Crippen molar-refractivity contribution in [2.45, 2.75) is 31.0 Å². The van der Waals surface area contributed by atoms with Crippen molar-refractivity contribution in [1.29, 1.82) is 0 Å². The molecule has 0 radical (unpaired) electrons. The Bertz CT molecular complexity index is 1260. The van der Waals surface area contributed by atoms with Crippen LogP contribution in [0.25, 0.3) is 17.1 Å². The Morgan fingerprint density at radius 3 is 2.69 bits per heavy atom. The summed E-state index contributed by atoms with van der Waals surface area (Å²) in [5.41, 5.74) is 1.76. The van der Waals surface area contributed by atoms with Gasteiger partial charge in [0.2, 0.25) is 5.91 Å². The van der Waals surface area contributed by atoms with E-state index in [9.17, 15) is 13.2 Å². The number of pyridine rings is 1. The highest BCUT2D eigenvalue weighted by Crippen LogP contribution is 2.31. The molecule has 2 aromatic heterocycles. The van der Waals surface area contributed by atoms with Crippen LogP contribution in [0.2, 0.25) is 5.02 Å². The molecule has 0 spiro atoms. The van der Waals surface area contributed by atoms with Crippen LogP contribution >= 0.6 is 23.4 Å². The van der Waals surface area contributed by atoms with Gasteiger partial charge in [0.15, 0.2) is 20.8 Å². The number of sulfone groups is 1. The smallest absolute Gasteiger partial charge is 0.230 e. The summed E-state index contributed by atoms with van der Waals surface area (Å²) in [6.45, 7) is 3.68. The third-order valence-electron chi connectivity index (χ3n) is 5.33. The minimum atomic E-state index is -3.11. The van der Waals surface area contributed by atoms with Crippen molar-refractivity contribution in [3.05, 3.63) is 53.3 Å². The number of thioether (sulfide) groups is 1. The quantitative estimate of drug-likeness (QED) is 0.528. The predicted octanol–water partition coefficient (Wildman–Crippen LogP) is 3.08. The number of aromatic nitrogens is 4. The first-order valence-corrected chi connectivity index (χ1v) is 13.1. The fourth-order valence-electron chi connectivity index (χ4n) is 3.72. The maximum absolute atomic E-state index is 12.6. The van der Waals surface area contributed by atoms with E-state index in [2.05, 4.69) is 20.5 Å². The average molecular weight is 492 g/mol. The molecule has 0 aliphatic carbocycles. The van der Waals surface area contributed by atoms with E-state index in [0.717, 1.165) is 16.8 Å². The van der Waals surface area contributed by atoms with Gasteiger partial charge < -0.3 is 5.32 Å². The van der Waals surface area contributed by atoms with Crippen LogP contribution in [-0.4, -0.2) is 56.9 Å². The predicted molar refractivity (Wildman–Crippen MR) is 125 cm³/mol. The summed E-state index contributed by atoms with van der Waals surface area (Å²) in [4.78, 5) is 16.7. The molecule has 0 saturated carbocycles. The highest BCUT2D eigenvalue weighted by Gasteiger charge is 2.39. The maximum Gasteiger partial charge on any atom is 0.230 e.